The van der Waals surface area contributed by atoms with Gasteiger partial charge in [-0.25, -0.2) is 4.79 Å². The Balaban J connectivity index is 1.46. The molecule has 5 N–H and O–H groups in total. The number of nitrogens with two attached hydrogens (primary N) is 1. The lowest BCUT2D eigenvalue weighted by Crippen LogP contribution is -2.56. The number of hydrogen-bond donors (Lipinski definition) is 4. The summed E-state index contributed by atoms with van der Waals surface area (Å²) in [5, 5.41) is 15.0. The minimum Gasteiger partial charge on any atom is -0.508 e. The zero-order valence-electron chi connectivity index (χ0n) is 22.6. The highest BCUT2D eigenvalue weighted by Crippen LogP contribution is 2.21. The second-order valence-electron chi connectivity index (χ2n) is 9.97. The van der Waals surface area contributed by atoms with Crippen molar-refractivity contribution in [3.8, 4) is 5.75 Å². The number of carbonyl (C=O) groups is 4. The summed E-state index contributed by atoms with van der Waals surface area (Å²) >= 11 is 0. The van der Waals surface area contributed by atoms with E-state index in [9.17, 15) is 24.3 Å². The van der Waals surface area contributed by atoms with Gasteiger partial charge in [-0.2, -0.15) is 0 Å². The van der Waals surface area contributed by atoms with Crippen LogP contribution in [0.3, 0.4) is 0 Å². The summed E-state index contributed by atoms with van der Waals surface area (Å²) in [5.41, 5.74) is 7.91. The molecule has 0 aromatic heterocycles. The van der Waals surface area contributed by atoms with Gasteiger partial charge in [-0.1, -0.05) is 72.8 Å². The fourth-order valence-electron chi connectivity index (χ4n) is 4.82. The number of nitrogens with zero attached hydrogens (tertiary/aromatic N) is 1. The van der Waals surface area contributed by atoms with Gasteiger partial charge in [0.15, 0.2) is 0 Å². The molecular formula is C31H34N4O6. The fraction of sp³-hybridized carbons (Fsp3) is 0.290. The maximum atomic E-state index is 13.8. The molecular weight excluding hydrogens is 524 g/mol. The minimum atomic E-state index is -1.03. The number of phenolic OH excluding ortho intramolecular Hbond substituents is 1. The van der Waals surface area contributed by atoms with E-state index >= 15 is 0 Å². The first-order valence-corrected chi connectivity index (χ1v) is 13.5. The van der Waals surface area contributed by atoms with Crippen molar-refractivity contribution in [3.05, 3.63) is 102 Å². The van der Waals surface area contributed by atoms with Crippen molar-refractivity contribution in [2.45, 2.75) is 50.4 Å². The largest absolute Gasteiger partial charge is 0.508 e. The molecule has 1 heterocycles. The molecule has 0 aliphatic carbocycles. The number of alkyl carbamates (subject to hydrolysis) is 1. The zero-order chi connectivity index (χ0) is 29.2. The molecule has 0 unspecified atom stereocenters. The van der Waals surface area contributed by atoms with Crippen LogP contribution in [0, 0.1) is 0 Å². The highest BCUT2D eigenvalue weighted by molar-refractivity contribution is 5.94. The van der Waals surface area contributed by atoms with Gasteiger partial charge in [-0.3, -0.25) is 14.4 Å². The monoisotopic (exact) mass is 558 g/mol. The first-order valence-electron chi connectivity index (χ1n) is 13.5. The molecule has 3 aromatic rings. The van der Waals surface area contributed by atoms with Gasteiger partial charge >= 0.3 is 6.09 Å². The quantitative estimate of drug-likeness (QED) is 0.284. The molecule has 1 aliphatic heterocycles. The number of rotatable bonds is 11. The molecule has 1 aliphatic rings. The van der Waals surface area contributed by atoms with Crippen LogP contribution >= 0.6 is 0 Å². The first kappa shape index (κ1) is 29.1. The molecule has 3 atom stereocenters. The summed E-state index contributed by atoms with van der Waals surface area (Å²) in [4.78, 5) is 53.4. The molecule has 1 fully saturated rings. The van der Waals surface area contributed by atoms with Crippen molar-refractivity contribution in [1.82, 2.24) is 15.5 Å². The van der Waals surface area contributed by atoms with E-state index in [0.29, 0.717) is 24.9 Å². The summed E-state index contributed by atoms with van der Waals surface area (Å²) in [7, 11) is 0. The molecule has 0 radical (unpaired) electrons. The van der Waals surface area contributed by atoms with Crippen LogP contribution in [-0.2, 0) is 38.6 Å². The van der Waals surface area contributed by atoms with Gasteiger partial charge in [0.05, 0.1) is 0 Å². The van der Waals surface area contributed by atoms with Crippen LogP contribution in [0.2, 0.25) is 0 Å². The molecule has 1 saturated heterocycles. The summed E-state index contributed by atoms with van der Waals surface area (Å²) in [6.07, 6.45) is 0.540. The van der Waals surface area contributed by atoms with Gasteiger partial charge in [0, 0.05) is 19.4 Å². The van der Waals surface area contributed by atoms with Crippen molar-refractivity contribution in [1.29, 1.82) is 0 Å². The summed E-state index contributed by atoms with van der Waals surface area (Å²) in [6.45, 7) is 0.334. The van der Waals surface area contributed by atoms with Crippen LogP contribution in [0.4, 0.5) is 4.79 Å². The maximum Gasteiger partial charge on any atom is 0.408 e. The van der Waals surface area contributed by atoms with Gasteiger partial charge in [0.2, 0.25) is 17.7 Å². The molecule has 0 bridgehead atoms. The Hall–Kier alpha value is -4.86. The van der Waals surface area contributed by atoms with Crippen LogP contribution in [0.1, 0.15) is 29.5 Å². The lowest BCUT2D eigenvalue weighted by Gasteiger charge is -2.29. The number of carbonyl (C=O) groups excluding carboxylic acids is 4. The fourth-order valence-corrected chi connectivity index (χ4v) is 4.82. The van der Waals surface area contributed by atoms with Crippen LogP contribution in [0.15, 0.2) is 84.9 Å². The van der Waals surface area contributed by atoms with E-state index in [1.54, 1.807) is 12.1 Å². The van der Waals surface area contributed by atoms with Crippen molar-refractivity contribution in [3.63, 3.8) is 0 Å². The number of primary amides is 1. The summed E-state index contributed by atoms with van der Waals surface area (Å²) in [6, 6.07) is 21.8. The predicted molar refractivity (Wildman–Crippen MR) is 151 cm³/mol. The zero-order valence-corrected chi connectivity index (χ0v) is 22.6. The third-order valence-corrected chi connectivity index (χ3v) is 6.96. The van der Waals surface area contributed by atoms with Crippen LogP contribution < -0.4 is 16.4 Å². The van der Waals surface area contributed by atoms with E-state index in [-0.39, 0.29) is 25.2 Å². The molecule has 0 saturated carbocycles. The Labute approximate surface area is 238 Å². The van der Waals surface area contributed by atoms with E-state index in [4.69, 9.17) is 10.5 Å². The molecule has 4 rings (SSSR count). The number of nitrogens with one attached hydrogen (secondary N) is 2. The number of aromatic hydroxyl groups is 1. The van der Waals surface area contributed by atoms with Gasteiger partial charge < -0.3 is 31.1 Å². The lowest BCUT2D eigenvalue weighted by molar-refractivity contribution is -0.140. The van der Waals surface area contributed by atoms with Crippen molar-refractivity contribution in [2.24, 2.45) is 5.73 Å². The van der Waals surface area contributed by atoms with E-state index in [1.165, 1.54) is 17.0 Å². The topological polar surface area (TPSA) is 151 Å². The van der Waals surface area contributed by atoms with Crippen LogP contribution in [0.5, 0.6) is 5.75 Å². The van der Waals surface area contributed by atoms with Gasteiger partial charge in [-0.15, -0.1) is 0 Å². The average molecular weight is 559 g/mol. The van der Waals surface area contributed by atoms with E-state index in [1.807, 2.05) is 60.7 Å². The number of benzene rings is 3. The molecule has 41 heavy (non-hydrogen) atoms. The van der Waals surface area contributed by atoms with E-state index in [2.05, 4.69) is 10.6 Å². The van der Waals surface area contributed by atoms with Crippen molar-refractivity contribution < 1.29 is 29.0 Å². The number of hydrogen-bond acceptors (Lipinski definition) is 6. The average Bonchev–Trinajstić information content (AvgIpc) is 3.47. The lowest BCUT2D eigenvalue weighted by atomic mass is 10.0. The third-order valence-electron chi connectivity index (χ3n) is 6.96. The molecule has 0 spiro atoms. The Morgan fingerprint density at radius 3 is 2.05 bits per heavy atom. The predicted octanol–water partition coefficient (Wildman–Crippen LogP) is 2.43. The number of amides is 4. The van der Waals surface area contributed by atoms with Crippen molar-refractivity contribution >= 4 is 23.8 Å². The van der Waals surface area contributed by atoms with Gasteiger partial charge in [0.25, 0.3) is 0 Å². The molecule has 10 nitrogen and oxygen atoms in total. The first-order chi connectivity index (χ1) is 19.8. The Morgan fingerprint density at radius 2 is 1.41 bits per heavy atom. The highest BCUT2D eigenvalue weighted by Gasteiger charge is 2.39. The minimum absolute atomic E-state index is 0.0253. The van der Waals surface area contributed by atoms with E-state index < -0.39 is 41.9 Å². The number of ether oxygens (including phenoxy) is 1. The molecule has 10 heteroatoms. The highest BCUT2D eigenvalue weighted by atomic mass is 16.5. The van der Waals surface area contributed by atoms with Gasteiger partial charge in [0.1, 0.15) is 30.5 Å². The number of phenols is 1. The Bertz CT molecular complexity index is 1330. The Kier molecular flexibility index (Phi) is 9.93. The van der Waals surface area contributed by atoms with Crippen LogP contribution in [-0.4, -0.2) is 58.5 Å². The second kappa shape index (κ2) is 14.0. The third kappa shape index (κ3) is 8.31. The Morgan fingerprint density at radius 1 is 0.829 bits per heavy atom. The van der Waals surface area contributed by atoms with Crippen LogP contribution in [0.25, 0.3) is 0 Å². The van der Waals surface area contributed by atoms with E-state index in [0.717, 1.165) is 11.1 Å². The normalized spacial score (nSPS) is 15.9. The summed E-state index contributed by atoms with van der Waals surface area (Å²) < 4.78 is 5.35. The maximum absolute atomic E-state index is 13.8. The van der Waals surface area contributed by atoms with Crippen molar-refractivity contribution in [2.75, 3.05) is 6.54 Å². The molecule has 3 aromatic carbocycles. The SMILES string of the molecule is NC(=O)[C@H](Cc1ccccc1)NC(=O)[C@@H]1CCCN1C(=O)[C@H](Cc1ccc(O)cc1)NC(=O)OCc1ccccc1. The number of likely N-dealkylation sites (tertiary alicyclic amines) is 1. The smallest absolute Gasteiger partial charge is 0.408 e. The second-order valence-corrected chi connectivity index (χ2v) is 9.97. The summed E-state index contributed by atoms with van der Waals surface area (Å²) in [5.74, 6) is -1.54. The van der Waals surface area contributed by atoms with Gasteiger partial charge in [-0.05, 0) is 41.7 Å². The standard InChI is InChI=1S/C31H34N4O6/c32-28(37)25(18-21-8-3-1-4-9-21)33-29(38)27-12-7-17-35(27)30(39)26(19-22-13-15-24(36)16-14-22)34-31(40)41-20-23-10-5-2-6-11-23/h1-6,8-11,13-16,25-27,36H,7,12,17-20H2,(H2,32,37)(H,33,38)(H,34,40)/t25-,26-,27-/m0/s1. The molecule has 214 valence electrons. The molecule has 4 amide bonds.